The van der Waals surface area contributed by atoms with Gasteiger partial charge in [0.25, 0.3) is 0 Å². The molecule has 110 valence electrons. The minimum absolute atomic E-state index is 0.813. The van der Waals surface area contributed by atoms with E-state index in [0.717, 1.165) is 33.7 Å². The highest BCUT2D eigenvalue weighted by atomic mass is 14.9. The highest BCUT2D eigenvalue weighted by Crippen LogP contribution is 2.29. The molecule has 3 heteroatoms. The van der Waals surface area contributed by atoms with Gasteiger partial charge in [0.15, 0.2) is 0 Å². The van der Waals surface area contributed by atoms with Crippen LogP contribution >= 0.6 is 0 Å². The number of aryl methyl sites for hydroxylation is 1. The predicted molar refractivity (Wildman–Crippen MR) is 92.9 cm³/mol. The van der Waals surface area contributed by atoms with Crippen LogP contribution in [0.2, 0.25) is 0 Å². The first kappa shape index (κ1) is 13.6. The molecule has 0 amide bonds. The zero-order valence-corrected chi connectivity index (χ0v) is 12.8. The van der Waals surface area contributed by atoms with E-state index < -0.39 is 0 Å². The summed E-state index contributed by atoms with van der Waals surface area (Å²) in [5.74, 6) is 0. The number of aromatic nitrogens is 3. The number of hydrogen-bond acceptors (Lipinski definition) is 3. The molecule has 0 spiro atoms. The Labute approximate surface area is 134 Å². The number of fused-ring (bicyclic) bond motifs is 1. The van der Waals surface area contributed by atoms with Crippen molar-refractivity contribution in [3.05, 3.63) is 78.5 Å². The van der Waals surface area contributed by atoms with Gasteiger partial charge in [-0.15, -0.1) is 0 Å². The lowest BCUT2D eigenvalue weighted by atomic mass is 10.1. The minimum Gasteiger partial charge on any atom is -0.255 e. The molecule has 0 atom stereocenters. The summed E-state index contributed by atoms with van der Waals surface area (Å²) < 4.78 is 0. The number of nitrogens with zero attached hydrogens (tertiary/aromatic N) is 3. The molecule has 0 aliphatic heterocycles. The molecule has 0 saturated heterocycles. The van der Waals surface area contributed by atoms with Gasteiger partial charge < -0.3 is 0 Å². The molecule has 0 fully saturated rings. The summed E-state index contributed by atoms with van der Waals surface area (Å²) in [5.41, 5.74) is 6.52. The molecule has 0 unspecified atom stereocenters. The lowest BCUT2D eigenvalue weighted by Crippen LogP contribution is -1.97. The number of benzene rings is 2. The van der Waals surface area contributed by atoms with Gasteiger partial charge >= 0.3 is 0 Å². The summed E-state index contributed by atoms with van der Waals surface area (Å²) in [5, 5.41) is 0. The number of rotatable bonds is 2. The van der Waals surface area contributed by atoms with Crippen LogP contribution in [0.3, 0.4) is 0 Å². The first-order valence-electron chi connectivity index (χ1n) is 7.56. The van der Waals surface area contributed by atoms with E-state index >= 15 is 0 Å². The van der Waals surface area contributed by atoms with Crippen molar-refractivity contribution in [2.24, 2.45) is 0 Å². The van der Waals surface area contributed by atoms with Crippen LogP contribution in [-0.2, 0) is 0 Å². The summed E-state index contributed by atoms with van der Waals surface area (Å²) in [4.78, 5) is 14.2. The Kier molecular flexibility index (Phi) is 3.31. The zero-order valence-electron chi connectivity index (χ0n) is 12.8. The first-order valence-corrected chi connectivity index (χ1v) is 7.56. The molecule has 0 radical (unpaired) electrons. The van der Waals surface area contributed by atoms with Crippen molar-refractivity contribution in [2.45, 2.75) is 6.92 Å². The fourth-order valence-corrected chi connectivity index (χ4v) is 2.64. The van der Waals surface area contributed by atoms with Gasteiger partial charge in [0.2, 0.25) is 0 Å². The van der Waals surface area contributed by atoms with Crippen LogP contribution in [0.5, 0.6) is 0 Å². The van der Waals surface area contributed by atoms with Crippen molar-refractivity contribution < 1.29 is 0 Å². The molecule has 0 bridgehead atoms. The second-order valence-electron chi connectivity index (χ2n) is 5.49. The Hall–Kier alpha value is -3.07. The third kappa shape index (κ3) is 2.57. The Morgan fingerprint density at radius 3 is 2.26 bits per heavy atom. The van der Waals surface area contributed by atoms with Crippen molar-refractivity contribution in [1.29, 1.82) is 0 Å². The second kappa shape index (κ2) is 5.61. The Morgan fingerprint density at radius 2 is 1.48 bits per heavy atom. The molecular weight excluding hydrogens is 282 g/mol. The summed E-state index contributed by atoms with van der Waals surface area (Å²) in [6.07, 6.45) is 1.78. The molecular formula is C20H15N3. The molecule has 4 aromatic rings. The van der Waals surface area contributed by atoms with Crippen LogP contribution in [0, 0.1) is 6.92 Å². The van der Waals surface area contributed by atoms with Crippen LogP contribution in [-0.4, -0.2) is 15.0 Å². The monoisotopic (exact) mass is 297 g/mol. The molecule has 3 nitrogen and oxygen atoms in total. The smallest absolute Gasteiger partial charge is 0.116 e. The van der Waals surface area contributed by atoms with Gasteiger partial charge in [0.1, 0.15) is 5.69 Å². The predicted octanol–water partition coefficient (Wildman–Crippen LogP) is 4.67. The van der Waals surface area contributed by atoms with Gasteiger partial charge in [-0.25, -0.2) is 9.97 Å². The van der Waals surface area contributed by atoms with E-state index in [2.05, 4.69) is 36.2 Å². The number of pyridine rings is 1. The van der Waals surface area contributed by atoms with E-state index in [9.17, 15) is 0 Å². The zero-order chi connectivity index (χ0) is 15.6. The molecule has 2 aromatic heterocycles. The van der Waals surface area contributed by atoms with E-state index in [4.69, 9.17) is 9.97 Å². The van der Waals surface area contributed by atoms with Gasteiger partial charge in [-0.3, -0.25) is 4.98 Å². The Bertz CT molecular complexity index is 964. The standard InChI is InChI=1S/C20H15N3/c1-14-10-11-16-18(13-14)23-19(15-7-3-2-4-8-15)20(22-16)17-9-5-6-12-21-17/h2-13H,1H3. The van der Waals surface area contributed by atoms with Gasteiger partial charge in [-0.2, -0.15) is 0 Å². The molecule has 0 aliphatic rings. The van der Waals surface area contributed by atoms with Crippen LogP contribution in [0.15, 0.2) is 72.9 Å². The van der Waals surface area contributed by atoms with Crippen molar-refractivity contribution in [3.63, 3.8) is 0 Å². The lowest BCUT2D eigenvalue weighted by Gasteiger charge is -2.10. The largest absolute Gasteiger partial charge is 0.255 e. The van der Waals surface area contributed by atoms with Crippen LogP contribution in [0.1, 0.15) is 5.56 Å². The average Bonchev–Trinajstić information content (AvgIpc) is 2.62. The topological polar surface area (TPSA) is 38.7 Å². The fraction of sp³-hybridized carbons (Fsp3) is 0.0500. The van der Waals surface area contributed by atoms with Gasteiger partial charge in [0.05, 0.1) is 22.4 Å². The third-order valence-corrected chi connectivity index (χ3v) is 3.77. The first-order chi connectivity index (χ1) is 11.3. The summed E-state index contributed by atoms with van der Waals surface area (Å²) in [7, 11) is 0. The third-order valence-electron chi connectivity index (χ3n) is 3.77. The molecule has 0 aliphatic carbocycles. The van der Waals surface area contributed by atoms with Crippen molar-refractivity contribution >= 4 is 11.0 Å². The maximum atomic E-state index is 4.88. The highest BCUT2D eigenvalue weighted by Gasteiger charge is 2.13. The van der Waals surface area contributed by atoms with Crippen LogP contribution in [0.4, 0.5) is 0 Å². The van der Waals surface area contributed by atoms with Crippen LogP contribution in [0.25, 0.3) is 33.7 Å². The fourth-order valence-electron chi connectivity index (χ4n) is 2.64. The highest BCUT2D eigenvalue weighted by molar-refractivity contribution is 5.85. The summed E-state index contributed by atoms with van der Waals surface area (Å²) in [6.45, 7) is 2.07. The maximum Gasteiger partial charge on any atom is 0.116 e. The molecule has 23 heavy (non-hydrogen) atoms. The minimum atomic E-state index is 0.813. The van der Waals surface area contributed by atoms with Crippen molar-refractivity contribution in [3.8, 4) is 22.6 Å². The average molecular weight is 297 g/mol. The number of hydrogen-bond donors (Lipinski definition) is 0. The van der Waals surface area contributed by atoms with Crippen molar-refractivity contribution in [1.82, 2.24) is 15.0 Å². The second-order valence-corrected chi connectivity index (χ2v) is 5.49. The molecule has 2 aromatic carbocycles. The van der Waals surface area contributed by atoms with Gasteiger partial charge in [0, 0.05) is 11.8 Å². The SMILES string of the molecule is Cc1ccc2nc(-c3ccccn3)c(-c3ccccc3)nc2c1. The van der Waals surface area contributed by atoms with E-state index in [1.54, 1.807) is 6.20 Å². The summed E-state index contributed by atoms with van der Waals surface area (Å²) >= 11 is 0. The van der Waals surface area contributed by atoms with Gasteiger partial charge in [-0.1, -0.05) is 42.5 Å². The van der Waals surface area contributed by atoms with Crippen molar-refractivity contribution in [2.75, 3.05) is 0 Å². The van der Waals surface area contributed by atoms with E-state index in [-0.39, 0.29) is 0 Å². The summed E-state index contributed by atoms with van der Waals surface area (Å²) in [6, 6.07) is 22.1. The van der Waals surface area contributed by atoms with Gasteiger partial charge in [-0.05, 0) is 36.8 Å². The lowest BCUT2D eigenvalue weighted by molar-refractivity contribution is 1.23. The molecule has 2 heterocycles. The molecule has 0 N–H and O–H groups in total. The Morgan fingerprint density at radius 1 is 0.696 bits per heavy atom. The quantitative estimate of drug-likeness (QED) is 0.540. The normalized spacial score (nSPS) is 10.8. The van der Waals surface area contributed by atoms with E-state index in [1.165, 1.54) is 5.56 Å². The molecule has 4 rings (SSSR count). The maximum absolute atomic E-state index is 4.88. The Balaban J connectivity index is 2.04. The van der Waals surface area contributed by atoms with E-state index in [0.29, 0.717) is 0 Å². The van der Waals surface area contributed by atoms with Crippen LogP contribution < -0.4 is 0 Å². The molecule has 0 saturated carbocycles. The van der Waals surface area contributed by atoms with E-state index in [1.807, 2.05) is 42.5 Å².